The lowest BCUT2D eigenvalue weighted by Gasteiger charge is -2.04. The maximum atomic E-state index is 8.95. The van der Waals surface area contributed by atoms with Gasteiger partial charge in [-0.05, 0) is 29.0 Å². The second-order valence-electron chi connectivity index (χ2n) is 3.85. The van der Waals surface area contributed by atoms with Crippen LogP contribution in [0, 0.1) is 0 Å². The monoisotopic (exact) mass is 245 g/mol. The first-order valence-electron chi connectivity index (χ1n) is 5.70. The van der Waals surface area contributed by atoms with Crippen LogP contribution in [-0.4, -0.2) is 10.9 Å². The Balaban J connectivity index is 2.24. The average molecular weight is 245 g/mol. The lowest BCUT2D eigenvalue weighted by Crippen LogP contribution is -1.99. The first-order valence-corrected chi connectivity index (χ1v) is 6.58. The van der Waals surface area contributed by atoms with Gasteiger partial charge in [0.2, 0.25) is 0 Å². The van der Waals surface area contributed by atoms with Crippen molar-refractivity contribution in [3.8, 4) is 10.4 Å². The maximum absolute atomic E-state index is 8.95. The summed E-state index contributed by atoms with van der Waals surface area (Å²) in [6.45, 7) is 2.07. The van der Waals surface area contributed by atoms with Crippen LogP contribution in [0.25, 0.3) is 10.4 Å². The Kier molecular flexibility index (Phi) is 3.94. The highest BCUT2D eigenvalue weighted by Gasteiger charge is 2.04. The standard InChI is InChI=1S/C14H15NOS/c1-2-4-13(15-16)11-6-8-12(9-7-11)14-5-3-10-17-14/h3,5-10,16H,2,4H2,1H3. The predicted octanol–water partition coefficient (Wildman–Crippen LogP) is 4.39. The van der Waals surface area contributed by atoms with Gasteiger partial charge in [-0.15, -0.1) is 11.3 Å². The van der Waals surface area contributed by atoms with Gasteiger partial charge < -0.3 is 5.21 Å². The number of nitrogens with zero attached hydrogens (tertiary/aromatic N) is 1. The molecule has 0 fully saturated rings. The molecular formula is C14H15NOS. The molecule has 88 valence electrons. The molecule has 0 amide bonds. The van der Waals surface area contributed by atoms with Crippen LogP contribution >= 0.6 is 11.3 Å². The second kappa shape index (κ2) is 5.64. The van der Waals surface area contributed by atoms with E-state index in [1.807, 2.05) is 18.2 Å². The quantitative estimate of drug-likeness (QED) is 0.483. The first-order chi connectivity index (χ1) is 8.35. The highest BCUT2D eigenvalue weighted by molar-refractivity contribution is 7.13. The first kappa shape index (κ1) is 11.9. The van der Waals surface area contributed by atoms with Crippen LogP contribution < -0.4 is 0 Å². The topological polar surface area (TPSA) is 32.6 Å². The van der Waals surface area contributed by atoms with E-state index in [-0.39, 0.29) is 0 Å². The summed E-state index contributed by atoms with van der Waals surface area (Å²) in [5.74, 6) is 0. The molecule has 0 saturated carbocycles. The summed E-state index contributed by atoms with van der Waals surface area (Å²) in [7, 11) is 0. The molecule has 0 radical (unpaired) electrons. The van der Waals surface area contributed by atoms with Crippen molar-refractivity contribution in [2.45, 2.75) is 19.8 Å². The van der Waals surface area contributed by atoms with Crippen LogP contribution in [0.15, 0.2) is 46.9 Å². The molecule has 1 heterocycles. The van der Waals surface area contributed by atoms with Crippen molar-refractivity contribution in [3.63, 3.8) is 0 Å². The van der Waals surface area contributed by atoms with Crippen molar-refractivity contribution in [1.29, 1.82) is 0 Å². The van der Waals surface area contributed by atoms with Crippen LogP contribution in [0.1, 0.15) is 25.3 Å². The molecule has 0 aliphatic heterocycles. The van der Waals surface area contributed by atoms with Gasteiger partial charge in [0.1, 0.15) is 0 Å². The Bertz CT molecular complexity index is 485. The zero-order chi connectivity index (χ0) is 12.1. The van der Waals surface area contributed by atoms with Crippen molar-refractivity contribution in [2.75, 3.05) is 0 Å². The van der Waals surface area contributed by atoms with Crippen LogP contribution in [0.3, 0.4) is 0 Å². The van der Waals surface area contributed by atoms with E-state index in [1.54, 1.807) is 11.3 Å². The number of oxime groups is 1. The highest BCUT2D eigenvalue weighted by Crippen LogP contribution is 2.25. The molecule has 0 spiro atoms. The molecule has 0 aliphatic carbocycles. The minimum absolute atomic E-state index is 0.755. The summed E-state index contributed by atoms with van der Waals surface area (Å²) in [6, 6.07) is 12.3. The fourth-order valence-electron chi connectivity index (χ4n) is 1.76. The summed E-state index contributed by atoms with van der Waals surface area (Å²) in [6.07, 6.45) is 1.78. The second-order valence-corrected chi connectivity index (χ2v) is 4.80. The zero-order valence-electron chi connectivity index (χ0n) is 9.76. The Morgan fingerprint density at radius 1 is 1.24 bits per heavy atom. The van der Waals surface area contributed by atoms with Crippen LogP contribution in [0.2, 0.25) is 0 Å². The van der Waals surface area contributed by atoms with Gasteiger partial charge >= 0.3 is 0 Å². The molecule has 3 heteroatoms. The average Bonchev–Trinajstić information content (AvgIpc) is 2.90. The maximum Gasteiger partial charge on any atom is 0.0867 e. The van der Waals surface area contributed by atoms with Gasteiger partial charge in [0.05, 0.1) is 5.71 Å². The van der Waals surface area contributed by atoms with Gasteiger partial charge in [0.25, 0.3) is 0 Å². The molecule has 1 N–H and O–H groups in total. The molecule has 2 aromatic rings. The summed E-state index contributed by atoms with van der Waals surface area (Å²) in [5.41, 5.74) is 2.96. The normalized spacial score (nSPS) is 11.7. The van der Waals surface area contributed by atoms with E-state index in [9.17, 15) is 0 Å². The Labute approximate surface area is 105 Å². The lowest BCUT2D eigenvalue weighted by atomic mass is 10.0. The SMILES string of the molecule is CCCC(=NO)c1ccc(-c2cccs2)cc1. The van der Waals surface area contributed by atoms with E-state index >= 15 is 0 Å². The summed E-state index contributed by atoms with van der Waals surface area (Å²) < 4.78 is 0. The smallest absolute Gasteiger partial charge is 0.0867 e. The summed E-state index contributed by atoms with van der Waals surface area (Å²) in [4.78, 5) is 1.26. The summed E-state index contributed by atoms with van der Waals surface area (Å²) in [5, 5.41) is 14.4. The van der Waals surface area contributed by atoms with Crippen molar-refractivity contribution in [1.82, 2.24) is 0 Å². The number of benzene rings is 1. The number of thiophene rings is 1. The molecule has 0 atom stereocenters. The number of hydrogen-bond donors (Lipinski definition) is 1. The molecule has 0 bridgehead atoms. The van der Waals surface area contributed by atoms with E-state index in [2.05, 4.69) is 35.7 Å². The van der Waals surface area contributed by atoms with E-state index in [4.69, 9.17) is 5.21 Å². The van der Waals surface area contributed by atoms with Gasteiger partial charge in [-0.1, -0.05) is 48.8 Å². The van der Waals surface area contributed by atoms with Crippen LogP contribution in [0.5, 0.6) is 0 Å². The largest absolute Gasteiger partial charge is 0.411 e. The van der Waals surface area contributed by atoms with Gasteiger partial charge in [0, 0.05) is 4.88 Å². The highest BCUT2D eigenvalue weighted by atomic mass is 32.1. The van der Waals surface area contributed by atoms with Crippen molar-refractivity contribution < 1.29 is 5.21 Å². The van der Waals surface area contributed by atoms with Crippen molar-refractivity contribution >= 4 is 17.0 Å². The lowest BCUT2D eigenvalue weighted by molar-refractivity contribution is 0.318. The minimum Gasteiger partial charge on any atom is -0.411 e. The predicted molar refractivity (Wildman–Crippen MR) is 73.0 cm³/mol. The zero-order valence-corrected chi connectivity index (χ0v) is 10.6. The van der Waals surface area contributed by atoms with E-state index in [1.165, 1.54) is 10.4 Å². The molecule has 1 aromatic carbocycles. The molecule has 0 aliphatic rings. The van der Waals surface area contributed by atoms with E-state index < -0.39 is 0 Å². The van der Waals surface area contributed by atoms with Crippen LogP contribution in [-0.2, 0) is 0 Å². The van der Waals surface area contributed by atoms with Gasteiger partial charge in [0.15, 0.2) is 0 Å². The van der Waals surface area contributed by atoms with Gasteiger partial charge in [-0.3, -0.25) is 0 Å². The Morgan fingerprint density at radius 3 is 2.53 bits per heavy atom. The fraction of sp³-hybridized carbons (Fsp3) is 0.214. The number of rotatable bonds is 4. The molecule has 2 nitrogen and oxygen atoms in total. The number of hydrogen-bond acceptors (Lipinski definition) is 3. The fourth-order valence-corrected chi connectivity index (χ4v) is 2.49. The van der Waals surface area contributed by atoms with Gasteiger partial charge in [-0.25, -0.2) is 0 Å². The van der Waals surface area contributed by atoms with Gasteiger partial charge in [-0.2, -0.15) is 0 Å². The van der Waals surface area contributed by atoms with Crippen molar-refractivity contribution in [3.05, 3.63) is 47.3 Å². The molecule has 2 rings (SSSR count). The van der Waals surface area contributed by atoms with Crippen molar-refractivity contribution in [2.24, 2.45) is 5.16 Å². The third-order valence-corrected chi connectivity index (χ3v) is 3.55. The van der Waals surface area contributed by atoms with E-state index in [0.717, 1.165) is 24.1 Å². The molecule has 0 unspecified atom stereocenters. The Morgan fingerprint density at radius 2 is 2.00 bits per heavy atom. The Hall–Kier alpha value is -1.61. The van der Waals surface area contributed by atoms with E-state index in [0.29, 0.717) is 0 Å². The minimum atomic E-state index is 0.755. The molecular weight excluding hydrogens is 230 g/mol. The third-order valence-electron chi connectivity index (χ3n) is 2.63. The molecule has 1 aromatic heterocycles. The van der Waals surface area contributed by atoms with Crippen LogP contribution in [0.4, 0.5) is 0 Å². The molecule has 17 heavy (non-hydrogen) atoms. The summed E-state index contributed by atoms with van der Waals surface area (Å²) >= 11 is 1.73. The third kappa shape index (κ3) is 2.74. The molecule has 0 saturated heterocycles.